The highest BCUT2D eigenvalue weighted by atomic mass is 79.9. The van der Waals surface area contributed by atoms with Crippen LogP contribution in [0.4, 0.5) is 5.82 Å². The van der Waals surface area contributed by atoms with Crippen molar-refractivity contribution in [2.75, 3.05) is 18.4 Å². The van der Waals surface area contributed by atoms with Crippen LogP contribution in [0, 0.1) is 5.41 Å². The molecule has 1 atom stereocenters. The van der Waals surface area contributed by atoms with E-state index in [1.165, 1.54) is 12.8 Å². The molecule has 1 saturated heterocycles. The van der Waals surface area contributed by atoms with Crippen molar-refractivity contribution < 1.29 is 0 Å². The molecule has 1 aromatic heterocycles. The number of aromatic nitrogens is 1. The first-order chi connectivity index (χ1) is 8.49. The molecule has 2 N–H and O–H groups in total. The molecule has 5 heteroatoms. The Morgan fingerprint density at radius 2 is 2.28 bits per heavy atom. The Bertz CT molecular complexity index is 421. The highest BCUT2D eigenvalue weighted by Gasteiger charge is 2.31. The van der Waals surface area contributed by atoms with Crippen LogP contribution >= 0.6 is 31.9 Å². The standard InChI is InChI=1S/C13H19Br2N3/c1-13(2)4-3-5-16-11(13)8-18-12-10(15)6-9(14)7-17-12/h6-7,11,16H,3-5,8H2,1-2H3,(H,17,18). The van der Waals surface area contributed by atoms with E-state index in [4.69, 9.17) is 0 Å². The number of anilines is 1. The van der Waals surface area contributed by atoms with Gasteiger partial charge in [-0.15, -0.1) is 0 Å². The molecule has 2 heterocycles. The van der Waals surface area contributed by atoms with Crippen LogP contribution in [0.2, 0.25) is 0 Å². The van der Waals surface area contributed by atoms with Gasteiger partial charge in [0.05, 0.1) is 4.47 Å². The van der Waals surface area contributed by atoms with Gasteiger partial charge in [0.2, 0.25) is 0 Å². The fourth-order valence-electron chi connectivity index (χ4n) is 2.36. The molecule has 0 radical (unpaired) electrons. The average Bonchev–Trinajstić information content (AvgIpc) is 2.29. The number of piperidine rings is 1. The van der Waals surface area contributed by atoms with E-state index in [2.05, 4.69) is 61.3 Å². The lowest BCUT2D eigenvalue weighted by Crippen LogP contribution is -2.50. The molecular weight excluding hydrogens is 358 g/mol. The van der Waals surface area contributed by atoms with Crippen LogP contribution < -0.4 is 10.6 Å². The Morgan fingerprint density at radius 3 is 2.94 bits per heavy atom. The van der Waals surface area contributed by atoms with Crippen LogP contribution in [-0.2, 0) is 0 Å². The number of rotatable bonds is 3. The maximum atomic E-state index is 4.38. The van der Waals surface area contributed by atoms with Crippen molar-refractivity contribution >= 4 is 37.7 Å². The summed E-state index contributed by atoms with van der Waals surface area (Å²) in [4.78, 5) is 4.38. The second-order valence-electron chi connectivity index (χ2n) is 5.46. The summed E-state index contributed by atoms with van der Waals surface area (Å²) in [5, 5.41) is 7.02. The molecule has 0 amide bonds. The van der Waals surface area contributed by atoms with Gasteiger partial charge >= 0.3 is 0 Å². The zero-order valence-electron chi connectivity index (χ0n) is 10.8. The molecule has 0 aliphatic carbocycles. The maximum absolute atomic E-state index is 4.38. The second kappa shape index (κ2) is 5.88. The fourth-order valence-corrected chi connectivity index (χ4v) is 3.49. The van der Waals surface area contributed by atoms with Crippen LogP contribution in [-0.4, -0.2) is 24.1 Å². The smallest absolute Gasteiger partial charge is 0.140 e. The normalized spacial score (nSPS) is 22.8. The van der Waals surface area contributed by atoms with Crippen molar-refractivity contribution in [1.82, 2.24) is 10.3 Å². The minimum atomic E-state index is 0.340. The Hall–Kier alpha value is -0.130. The van der Waals surface area contributed by atoms with Gasteiger partial charge in [-0.25, -0.2) is 4.98 Å². The van der Waals surface area contributed by atoms with Crippen molar-refractivity contribution in [2.45, 2.75) is 32.7 Å². The molecule has 18 heavy (non-hydrogen) atoms. The van der Waals surface area contributed by atoms with Gasteiger partial charge in [0.25, 0.3) is 0 Å². The van der Waals surface area contributed by atoms with Crippen LogP contribution in [0.3, 0.4) is 0 Å². The van der Waals surface area contributed by atoms with Crippen molar-refractivity contribution in [3.8, 4) is 0 Å². The zero-order chi connectivity index (χ0) is 13.2. The monoisotopic (exact) mass is 375 g/mol. The third-order valence-corrected chi connectivity index (χ3v) is 4.65. The van der Waals surface area contributed by atoms with E-state index in [0.717, 1.165) is 27.9 Å². The topological polar surface area (TPSA) is 37.0 Å². The van der Waals surface area contributed by atoms with Crippen LogP contribution in [0.1, 0.15) is 26.7 Å². The third kappa shape index (κ3) is 3.45. The molecule has 0 bridgehead atoms. The quantitative estimate of drug-likeness (QED) is 0.842. The summed E-state index contributed by atoms with van der Waals surface area (Å²) in [6.45, 7) is 6.68. The van der Waals surface area contributed by atoms with E-state index < -0.39 is 0 Å². The van der Waals surface area contributed by atoms with Gasteiger partial charge in [0.1, 0.15) is 5.82 Å². The lowest BCUT2D eigenvalue weighted by atomic mass is 9.77. The fraction of sp³-hybridized carbons (Fsp3) is 0.615. The predicted octanol–water partition coefficient (Wildman–Crippen LogP) is 3.80. The summed E-state index contributed by atoms with van der Waals surface area (Å²) in [6, 6.07) is 2.50. The number of hydrogen-bond donors (Lipinski definition) is 2. The van der Waals surface area contributed by atoms with Crippen molar-refractivity contribution in [1.29, 1.82) is 0 Å². The number of nitrogens with zero attached hydrogens (tertiary/aromatic N) is 1. The average molecular weight is 377 g/mol. The molecule has 2 rings (SSSR count). The first-order valence-corrected chi connectivity index (χ1v) is 7.86. The SMILES string of the molecule is CC1(C)CCCNC1CNc1ncc(Br)cc1Br. The van der Waals surface area contributed by atoms with Gasteiger partial charge in [0, 0.05) is 23.3 Å². The van der Waals surface area contributed by atoms with Crippen LogP contribution in [0.25, 0.3) is 0 Å². The summed E-state index contributed by atoms with van der Waals surface area (Å²) in [6.07, 6.45) is 4.36. The highest BCUT2D eigenvalue weighted by Crippen LogP contribution is 2.30. The highest BCUT2D eigenvalue weighted by molar-refractivity contribution is 9.11. The summed E-state index contributed by atoms with van der Waals surface area (Å²) >= 11 is 6.93. The number of nitrogens with one attached hydrogen (secondary N) is 2. The van der Waals surface area contributed by atoms with Gasteiger partial charge in [-0.1, -0.05) is 13.8 Å². The Balaban J connectivity index is 1.98. The number of pyridine rings is 1. The van der Waals surface area contributed by atoms with Crippen molar-refractivity contribution in [3.63, 3.8) is 0 Å². The second-order valence-corrected chi connectivity index (χ2v) is 7.23. The van der Waals surface area contributed by atoms with Gasteiger partial charge in [-0.2, -0.15) is 0 Å². The third-order valence-electron chi connectivity index (χ3n) is 3.61. The van der Waals surface area contributed by atoms with E-state index in [0.29, 0.717) is 11.5 Å². The zero-order valence-corrected chi connectivity index (χ0v) is 13.9. The molecule has 1 aliphatic rings. The lowest BCUT2D eigenvalue weighted by Gasteiger charge is -2.39. The molecule has 0 saturated carbocycles. The van der Waals surface area contributed by atoms with Crippen molar-refractivity contribution in [2.24, 2.45) is 5.41 Å². The van der Waals surface area contributed by atoms with Gasteiger partial charge in [-0.3, -0.25) is 0 Å². The van der Waals surface area contributed by atoms with E-state index in [1.807, 2.05) is 12.3 Å². The van der Waals surface area contributed by atoms with Crippen LogP contribution in [0.15, 0.2) is 21.2 Å². The summed E-state index contributed by atoms with van der Waals surface area (Å²) in [7, 11) is 0. The molecule has 0 spiro atoms. The molecule has 1 aliphatic heterocycles. The van der Waals surface area contributed by atoms with E-state index in [-0.39, 0.29) is 0 Å². The van der Waals surface area contributed by atoms with E-state index >= 15 is 0 Å². The summed E-state index contributed by atoms with van der Waals surface area (Å²) in [5.74, 6) is 0.904. The van der Waals surface area contributed by atoms with E-state index in [1.54, 1.807) is 0 Å². The summed E-state index contributed by atoms with van der Waals surface area (Å²) in [5.41, 5.74) is 0.340. The first kappa shape index (κ1) is 14.3. The Morgan fingerprint density at radius 1 is 1.50 bits per heavy atom. The van der Waals surface area contributed by atoms with Gasteiger partial charge in [0.15, 0.2) is 0 Å². The molecule has 1 fully saturated rings. The maximum Gasteiger partial charge on any atom is 0.140 e. The molecule has 1 aromatic rings. The molecule has 3 nitrogen and oxygen atoms in total. The van der Waals surface area contributed by atoms with Gasteiger partial charge in [-0.05, 0) is 62.7 Å². The minimum Gasteiger partial charge on any atom is -0.368 e. The largest absolute Gasteiger partial charge is 0.368 e. The number of halogens is 2. The lowest BCUT2D eigenvalue weighted by molar-refractivity contribution is 0.188. The first-order valence-electron chi connectivity index (χ1n) is 6.27. The van der Waals surface area contributed by atoms with Gasteiger partial charge < -0.3 is 10.6 Å². The van der Waals surface area contributed by atoms with Crippen LogP contribution in [0.5, 0.6) is 0 Å². The molecule has 1 unspecified atom stereocenters. The molecule has 100 valence electrons. The van der Waals surface area contributed by atoms with Crippen molar-refractivity contribution in [3.05, 3.63) is 21.2 Å². The molecule has 0 aromatic carbocycles. The predicted molar refractivity (Wildman–Crippen MR) is 82.9 cm³/mol. The Kier molecular flexibility index (Phi) is 4.67. The number of hydrogen-bond acceptors (Lipinski definition) is 3. The van der Waals surface area contributed by atoms with E-state index in [9.17, 15) is 0 Å². The summed E-state index contributed by atoms with van der Waals surface area (Å²) < 4.78 is 1.97. The minimum absolute atomic E-state index is 0.340. The molecular formula is C13H19Br2N3. The Labute approximate surface area is 125 Å².